The monoisotopic (exact) mass is 418 g/mol. The van der Waals surface area contributed by atoms with Crippen LogP contribution < -0.4 is 21.5 Å². The molecule has 1 fully saturated rings. The number of carbonyl (C=O) groups is 3. The summed E-state index contributed by atoms with van der Waals surface area (Å²) in [5.41, 5.74) is 6.01. The fourth-order valence-corrected chi connectivity index (χ4v) is 3.37. The Bertz CT molecular complexity index is 728. The third-order valence-corrected chi connectivity index (χ3v) is 5.19. The van der Waals surface area contributed by atoms with Gasteiger partial charge < -0.3 is 10.6 Å². The molecule has 0 saturated heterocycles. The van der Waals surface area contributed by atoms with E-state index >= 15 is 0 Å². The first kappa shape index (κ1) is 22.8. The van der Waals surface area contributed by atoms with E-state index in [4.69, 9.17) is 12.2 Å². The summed E-state index contributed by atoms with van der Waals surface area (Å²) < 4.78 is 0. The summed E-state index contributed by atoms with van der Waals surface area (Å²) in [6.07, 6.45) is 7.51. The Kier molecular flexibility index (Phi) is 9.05. The lowest BCUT2D eigenvalue weighted by molar-refractivity contribution is -0.120. The summed E-state index contributed by atoms with van der Waals surface area (Å²) in [5, 5.41) is 5.41. The van der Waals surface area contributed by atoms with Crippen LogP contribution in [0.1, 0.15) is 69.2 Å². The molecule has 2 rings (SSSR count). The lowest BCUT2D eigenvalue weighted by atomic mass is 9.86. The number of thiocarbonyl (C=S) groups is 1. The highest BCUT2D eigenvalue weighted by Gasteiger charge is 2.15. The quantitative estimate of drug-likeness (QED) is 0.420. The van der Waals surface area contributed by atoms with Gasteiger partial charge in [-0.2, -0.15) is 0 Å². The van der Waals surface area contributed by atoms with Gasteiger partial charge in [0.1, 0.15) is 0 Å². The topological polar surface area (TPSA) is 99.3 Å². The molecule has 0 aliphatic heterocycles. The van der Waals surface area contributed by atoms with Crippen molar-refractivity contribution in [3.63, 3.8) is 0 Å². The van der Waals surface area contributed by atoms with Crippen molar-refractivity contribution < 1.29 is 14.4 Å². The Morgan fingerprint density at radius 3 is 2.31 bits per heavy atom. The van der Waals surface area contributed by atoms with Crippen molar-refractivity contribution in [1.29, 1.82) is 0 Å². The maximum absolute atomic E-state index is 12.2. The normalized spacial score (nSPS) is 14.2. The zero-order valence-corrected chi connectivity index (χ0v) is 17.9. The van der Waals surface area contributed by atoms with Crippen LogP contribution in [0, 0.1) is 11.8 Å². The van der Waals surface area contributed by atoms with Crippen LogP contribution in [-0.4, -0.2) is 22.8 Å². The van der Waals surface area contributed by atoms with E-state index in [1.807, 2.05) is 0 Å². The molecule has 0 atom stereocenters. The Morgan fingerprint density at radius 1 is 1.03 bits per heavy atom. The van der Waals surface area contributed by atoms with Crippen molar-refractivity contribution in [2.75, 3.05) is 5.32 Å². The van der Waals surface area contributed by atoms with Gasteiger partial charge in [-0.15, -0.1) is 0 Å². The first-order valence-electron chi connectivity index (χ1n) is 10.2. The highest BCUT2D eigenvalue weighted by molar-refractivity contribution is 7.80. The SMILES string of the molecule is CC(C)C(=O)Nc1ccc(C(=O)NNC(=S)NC(=O)CCC2CCCCC2)cc1. The number of hydrogen-bond donors (Lipinski definition) is 4. The average Bonchev–Trinajstić information content (AvgIpc) is 2.71. The number of rotatable bonds is 6. The minimum Gasteiger partial charge on any atom is -0.326 e. The molecular weight excluding hydrogens is 388 g/mol. The van der Waals surface area contributed by atoms with E-state index in [-0.39, 0.29) is 22.8 Å². The van der Waals surface area contributed by atoms with Crippen LogP contribution >= 0.6 is 12.2 Å². The third kappa shape index (κ3) is 8.19. The number of hydrazine groups is 1. The molecule has 0 bridgehead atoms. The van der Waals surface area contributed by atoms with Crippen LogP contribution in [0.5, 0.6) is 0 Å². The van der Waals surface area contributed by atoms with Gasteiger partial charge >= 0.3 is 0 Å². The number of anilines is 1. The number of carbonyl (C=O) groups excluding carboxylic acids is 3. The smallest absolute Gasteiger partial charge is 0.269 e. The lowest BCUT2D eigenvalue weighted by Gasteiger charge is -2.21. The number of benzene rings is 1. The van der Waals surface area contributed by atoms with Crippen LogP contribution in [0.15, 0.2) is 24.3 Å². The molecule has 0 radical (unpaired) electrons. The van der Waals surface area contributed by atoms with Gasteiger partial charge in [0.2, 0.25) is 11.8 Å². The van der Waals surface area contributed by atoms with Gasteiger partial charge in [0.05, 0.1) is 0 Å². The highest BCUT2D eigenvalue weighted by Crippen LogP contribution is 2.27. The first-order chi connectivity index (χ1) is 13.8. The zero-order valence-electron chi connectivity index (χ0n) is 17.0. The van der Waals surface area contributed by atoms with Gasteiger partial charge in [0.25, 0.3) is 5.91 Å². The molecule has 8 heteroatoms. The van der Waals surface area contributed by atoms with E-state index in [0.717, 1.165) is 6.42 Å². The standard InChI is InChI=1S/C21H30N4O3S/c1-14(2)19(27)22-17-11-9-16(10-12-17)20(28)24-25-21(29)23-18(26)13-8-15-6-4-3-5-7-15/h9-12,14-15H,3-8,13H2,1-2H3,(H,22,27)(H,24,28)(H2,23,25,26,29). The predicted molar refractivity (Wildman–Crippen MR) is 117 cm³/mol. The molecule has 1 aromatic carbocycles. The molecule has 0 unspecified atom stereocenters. The van der Waals surface area contributed by atoms with E-state index in [0.29, 0.717) is 23.6 Å². The summed E-state index contributed by atoms with van der Waals surface area (Å²) in [6.45, 7) is 3.61. The highest BCUT2D eigenvalue weighted by atomic mass is 32.1. The fraction of sp³-hybridized carbons (Fsp3) is 0.524. The van der Waals surface area contributed by atoms with Crippen LogP contribution in [-0.2, 0) is 9.59 Å². The van der Waals surface area contributed by atoms with Crippen molar-refractivity contribution in [1.82, 2.24) is 16.2 Å². The number of nitrogens with one attached hydrogen (secondary N) is 4. The second kappa shape index (κ2) is 11.5. The second-order valence-corrected chi connectivity index (χ2v) is 8.13. The van der Waals surface area contributed by atoms with Crippen molar-refractivity contribution in [2.24, 2.45) is 11.8 Å². The minimum atomic E-state index is -0.398. The maximum Gasteiger partial charge on any atom is 0.269 e. The molecule has 0 spiro atoms. The van der Waals surface area contributed by atoms with E-state index in [1.54, 1.807) is 38.1 Å². The molecule has 158 valence electrons. The second-order valence-electron chi connectivity index (χ2n) is 7.72. The van der Waals surface area contributed by atoms with Crippen molar-refractivity contribution in [2.45, 2.75) is 58.8 Å². The molecule has 1 aromatic rings. The number of amides is 3. The molecular formula is C21H30N4O3S. The molecule has 7 nitrogen and oxygen atoms in total. The van der Waals surface area contributed by atoms with E-state index in [1.165, 1.54) is 32.1 Å². The Morgan fingerprint density at radius 2 is 1.69 bits per heavy atom. The number of hydrogen-bond acceptors (Lipinski definition) is 4. The van der Waals surface area contributed by atoms with Gasteiger partial charge in [0.15, 0.2) is 5.11 Å². The van der Waals surface area contributed by atoms with Crippen LogP contribution in [0.4, 0.5) is 5.69 Å². The molecule has 0 aromatic heterocycles. The molecule has 1 aliphatic carbocycles. The van der Waals surface area contributed by atoms with E-state index in [9.17, 15) is 14.4 Å². The molecule has 0 heterocycles. The van der Waals surface area contributed by atoms with Crippen LogP contribution in [0.25, 0.3) is 0 Å². The fourth-order valence-electron chi connectivity index (χ4n) is 3.21. The largest absolute Gasteiger partial charge is 0.326 e. The average molecular weight is 419 g/mol. The summed E-state index contributed by atoms with van der Waals surface area (Å²) in [7, 11) is 0. The molecule has 4 N–H and O–H groups in total. The summed E-state index contributed by atoms with van der Waals surface area (Å²) in [6, 6.07) is 6.50. The van der Waals surface area contributed by atoms with Crippen molar-refractivity contribution in [3.8, 4) is 0 Å². The Labute approximate surface area is 177 Å². The van der Waals surface area contributed by atoms with E-state index < -0.39 is 5.91 Å². The minimum absolute atomic E-state index is 0.0628. The van der Waals surface area contributed by atoms with Crippen molar-refractivity contribution in [3.05, 3.63) is 29.8 Å². The Hall–Kier alpha value is -2.48. The maximum atomic E-state index is 12.2. The van der Waals surface area contributed by atoms with Gasteiger partial charge in [0, 0.05) is 23.6 Å². The van der Waals surface area contributed by atoms with Gasteiger partial charge in [-0.3, -0.25) is 25.2 Å². The van der Waals surface area contributed by atoms with Gasteiger partial charge in [-0.1, -0.05) is 46.0 Å². The van der Waals surface area contributed by atoms with Gasteiger partial charge in [-0.25, -0.2) is 0 Å². The molecule has 3 amide bonds. The summed E-state index contributed by atoms with van der Waals surface area (Å²) in [5.74, 6) is -0.128. The summed E-state index contributed by atoms with van der Waals surface area (Å²) >= 11 is 5.06. The third-order valence-electron chi connectivity index (χ3n) is 4.99. The van der Waals surface area contributed by atoms with E-state index in [2.05, 4.69) is 21.5 Å². The van der Waals surface area contributed by atoms with Crippen molar-refractivity contribution >= 4 is 40.7 Å². The lowest BCUT2D eigenvalue weighted by Crippen LogP contribution is -2.48. The predicted octanol–water partition coefficient (Wildman–Crippen LogP) is 3.28. The Balaban J connectivity index is 1.70. The van der Waals surface area contributed by atoms with Gasteiger partial charge in [-0.05, 0) is 48.8 Å². The molecule has 29 heavy (non-hydrogen) atoms. The first-order valence-corrected chi connectivity index (χ1v) is 10.6. The molecule has 1 saturated carbocycles. The zero-order chi connectivity index (χ0) is 21.2. The van der Waals surface area contributed by atoms with Crippen LogP contribution in [0.3, 0.4) is 0 Å². The summed E-state index contributed by atoms with van der Waals surface area (Å²) in [4.78, 5) is 35.9. The van der Waals surface area contributed by atoms with Crippen LogP contribution in [0.2, 0.25) is 0 Å². The molecule has 1 aliphatic rings.